The van der Waals surface area contributed by atoms with Gasteiger partial charge in [0.2, 0.25) is 0 Å². The Balaban J connectivity index is 2.29. The van der Waals surface area contributed by atoms with E-state index in [2.05, 4.69) is 29.4 Å². The Morgan fingerprint density at radius 3 is 2.36 bits per heavy atom. The number of rotatable bonds is 5. The number of anilines is 1. The van der Waals surface area contributed by atoms with Crippen LogP contribution < -0.4 is 14.8 Å². The van der Waals surface area contributed by atoms with Gasteiger partial charge in [0.05, 0.1) is 25.6 Å². The molecule has 4 heteroatoms. The van der Waals surface area contributed by atoms with Crippen LogP contribution in [0.5, 0.6) is 11.5 Å². The zero-order chi connectivity index (χ0) is 16.3. The quantitative estimate of drug-likeness (QED) is 0.899. The van der Waals surface area contributed by atoms with Gasteiger partial charge in [-0.3, -0.25) is 4.98 Å². The van der Waals surface area contributed by atoms with E-state index < -0.39 is 0 Å². The number of ether oxygens (including phenoxy) is 2. The highest BCUT2D eigenvalue weighted by Crippen LogP contribution is 2.34. The van der Waals surface area contributed by atoms with Crippen molar-refractivity contribution in [1.82, 2.24) is 4.98 Å². The second-order valence-electron chi connectivity index (χ2n) is 5.52. The monoisotopic (exact) mass is 300 g/mol. The van der Waals surface area contributed by atoms with Crippen LogP contribution in [0.15, 0.2) is 24.3 Å². The van der Waals surface area contributed by atoms with Gasteiger partial charge in [0.1, 0.15) is 0 Å². The average molecular weight is 300 g/mol. The lowest BCUT2D eigenvalue weighted by Crippen LogP contribution is -2.09. The topological polar surface area (TPSA) is 43.4 Å². The first kappa shape index (κ1) is 16.1. The van der Waals surface area contributed by atoms with E-state index >= 15 is 0 Å². The molecule has 0 aliphatic heterocycles. The van der Waals surface area contributed by atoms with E-state index in [1.807, 2.05) is 32.9 Å². The summed E-state index contributed by atoms with van der Waals surface area (Å²) in [5.74, 6) is 1.54. The zero-order valence-corrected chi connectivity index (χ0v) is 14.2. The fourth-order valence-corrected chi connectivity index (χ4v) is 2.59. The molecular weight excluding hydrogens is 276 g/mol. The highest BCUT2D eigenvalue weighted by atomic mass is 16.5. The zero-order valence-electron chi connectivity index (χ0n) is 14.2. The smallest absolute Gasteiger partial charge is 0.163 e. The number of methoxy groups -OCH3 is 2. The highest BCUT2D eigenvalue weighted by molar-refractivity contribution is 5.53. The van der Waals surface area contributed by atoms with E-state index in [4.69, 9.17) is 9.47 Å². The molecule has 22 heavy (non-hydrogen) atoms. The Kier molecular flexibility index (Phi) is 4.91. The molecule has 0 bridgehead atoms. The largest absolute Gasteiger partial charge is 0.493 e. The lowest BCUT2D eigenvalue weighted by molar-refractivity contribution is 0.352. The number of pyridine rings is 1. The summed E-state index contributed by atoms with van der Waals surface area (Å²) < 4.78 is 10.8. The molecule has 1 heterocycles. The first-order chi connectivity index (χ1) is 10.5. The van der Waals surface area contributed by atoms with Crippen LogP contribution in [0.1, 0.15) is 35.5 Å². The number of aromatic nitrogens is 1. The van der Waals surface area contributed by atoms with Gasteiger partial charge < -0.3 is 14.8 Å². The molecule has 0 aliphatic carbocycles. The molecule has 1 atom stereocenters. The maximum atomic E-state index is 5.43. The molecule has 0 saturated heterocycles. The summed E-state index contributed by atoms with van der Waals surface area (Å²) >= 11 is 0. The number of benzene rings is 1. The molecule has 2 aromatic rings. The van der Waals surface area contributed by atoms with Gasteiger partial charge in [0.25, 0.3) is 0 Å². The highest BCUT2D eigenvalue weighted by Gasteiger charge is 2.14. The molecule has 4 nitrogen and oxygen atoms in total. The molecule has 1 aromatic carbocycles. The van der Waals surface area contributed by atoms with Gasteiger partial charge in [-0.2, -0.15) is 0 Å². The maximum absolute atomic E-state index is 5.43. The Bertz CT molecular complexity index is 668. The molecule has 2 rings (SSSR count). The number of nitrogens with zero attached hydrogens (tertiary/aromatic N) is 1. The van der Waals surface area contributed by atoms with Crippen molar-refractivity contribution in [2.24, 2.45) is 0 Å². The van der Waals surface area contributed by atoms with Crippen LogP contribution in [0.25, 0.3) is 0 Å². The average Bonchev–Trinajstić information content (AvgIpc) is 2.49. The van der Waals surface area contributed by atoms with E-state index in [1.165, 1.54) is 0 Å². The van der Waals surface area contributed by atoms with Gasteiger partial charge in [-0.05, 0) is 57.0 Å². The molecule has 1 N–H and O–H groups in total. The van der Waals surface area contributed by atoms with Gasteiger partial charge in [-0.1, -0.05) is 6.07 Å². The molecule has 0 aliphatic rings. The number of aryl methyl sites for hydroxylation is 3. The second kappa shape index (κ2) is 6.69. The van der Waals surface area contributed by atoms with Crippen LogP contribution in [-0.4, -0.2) is 19.2 Å². The SMILES string of the molecule is COc1cc(C(C)Nc2ccc(C)nc2C)cc(C)c1OC. The van der Waals surface area contributed by atoms with Gasteiger partial charge in [-0.15, -0.1) is 0 Å². The third-order valence-electron chi connectivity index (χ3n) is 3.78. The van der Waals surface area contributed by atoms with Crippen molar-refractivity contribution in [2.45, 2.75) is 33.7 Å². The van der Waals surface area contributed by atoms with E-state index in [9.17, 15) is 0 Å². The first-order valence-corrected chi connectivity index (χ1v) is 7.39. The van der Waals surface area contributed by atoms with E-state index in [0.717, 1.165) is 39.7 Å². The van der Waals surface area contributed by atoms with Crippen molar-refractivity contribution >= 4 is 5.69 Å². The van der Waals surface area contributed by atoms with Crippen LogP contribution in [0.2, 0.25) is 0 Å². The summed E-state index contributed by atoms with van der Waals surface area (Å²) in [4.78, 5) is 4.49. The van der Waals surface area contributed by atoms with Crippen molar-refractivity contribution in [3.63, 3.8) is 0 Å². The summed E-state index contributed by atoms with van der Waals surface area (Å²) in [7, 11) is 3.32. The normalized spacial score (nSPS) is 11.9. The molecule has 0 saturated carbocycles. The number of hydrogen-bond acceptors (Lipinski definition) is 4. The van der Waals surface area contributed by atoms with Crippen molar-refractivity contribution in [2.75, 3.05) is 19.5 Å². The lowest BCUT2D eigenvalue weighted by Gasteiger charge is -2.20. The van der Waals surface area contributed by atoms with Crippen LogP contribution in [-0.2, 0) is 0 Å². The molecule has 0 amide bonds. The molecule has 1 unspecified atom stereocenters. The Morgan fingerprint density at radius 1 is 1.05 bits per heavy atom. The summed E-state index contributed by atoms with van der Waals surface area (Å²) in [6.45, 7) is 8.16. The summed E-state index contributed by atoms with van der Waals surface area (Å²) in [6.07, 6.45) is 0. The van der Waals surface area contributed by atoms with E-state index in [0.29, 0.717) is 0 Å². The van der Waals surface area contributed by atoms with Crippen molar-refractivity contribution in [3.8, 4) is 11.5 Å². The van der Waals surface area contributed by atoms with E-state index in [-0.39, 0.29) is 6.04 Å². The van der Waals surface area contributed by atoms with Gasteiger partial charge >= 0.3 is 0 Å². The molecule has 0 radical (unpaired) electrons. The van der Waals surface area contributed by atoms with Crippen LogP contribution in [0, 0.1) is 20.8 Å². The minimum absolute atomic E-state index is 0.140. The Labute approximate surface area is 132 Å². The summed E-state index contributed by atoms with van der Waals surface area (Å²) in [5, 5.41) is 3.51. The minimum Gasteiger partial charge on any atom is -0.493 e. The van der Waals surface area contributed by atoms with Crippen LogP contribution >= 0.6 is 0 Å². The van der Waals surface area contributed by atoms with Crippen LogP contribution in [0.4, 0.5) is 5.69 Å². The summed E-state index contributed by atoms with van der Waals surface area (Å²) in [5.41, 5.74) is 5.28. The first-order valence-electron chi connectivity index (χ1n) is 7.39. The summed E-state index contributed by atoms with van der Waals surface area (Å²) in [6, 6.07) is 8.36. The predicted molar refractivity (Wildman–Crippen MR) is 90.0 cm³/mol. The Hall–Kier alpha value is -2.23. The van der Waals surface area contributed by atoms with Gasteiger partial charge in [0, 0.05) is 11.7 Å². The van der Waals surface area contributed by atoms with E-state index in [1.54, 1.807) is 14.2 Å². The third kappa shape index (κ3) is 3.32. The molecule has 0 spiro atoms. The maximum Gasteiger partial charge on any atom is 0.163 e. The van der Waals surface area contributed by atoms with Crippen molar-refractivity contribution in [3.05, 3.63) is 46.8 Å². The van der Waals surface area contributed by atoms with Gasteiger partial charge in [0.15, 0.2) is 11.5 Å². The molecule has 1 aromatic heterocycles. The predicted octanol–water partition coefficient (Wildman–Crippen LogP) is 4.20. The Morgan fingerprint density at radius 2 is 1.77 bits per heavy atom. The molecule has 0 fully saturated rings. The van der Waals surface area contributed by atoms with Crippen LogP contribution in [0.3, 0.4) is 0 Å². The minimum atomic E-state index is 0.140. The molecular formula is C18H24N2O2. The fraction of sp³-hybridized carbons (Fsp3) is 0.389. The fourth-order valence-electron chi connectivity index (χ4n) is 2.59. The second-order valence-corrected chi connectivity index (χ2v) is 5.52. The van der Waals surface area contributed by atoms with Crippen molar-refractivity contribution < 1.29 is 9.47 Å². The molecule has 118 valence electrons. The standard InChI is InChI=1S/C18H24N2O2/c1-11-9-15(10-17(21-5)18(11)22-6)13(3)20-16-8-7-12(2)19-14(16)4/h7-10,13,20H,1-6H3. The van der Waals surface area contributed by atoms with Crippen molar-refractivity contribution in [1.29, 1.82) is 0 Å². The number of hydrogen-bond donors (Lipinski definition) is 1. The van der Waals surface area contributed by atoms with Gasteiger partial charge in [-0.25, -0.2) is 0 Å². The lowest BCUT2D eigenvalue weighted by atomic mass is 10.0. The number of nitrogens with one attached hydrogen (secondary N) is 1. The third-order valence-corrected chi connectivity index (χ3v) is 3.78.